The van der Waals surface area contributed by atoms with Crippen LogP contribution in [0.25, 0.3) is 17.0 Å². The maximum absolute atomic E-state index is 14.5. The molecule has 11 heteroatoms. The van der Waals surface area contributed by atoms with E-state index in [1.165, 1.54) is 37.4 Å². The van der Waals surface area contributed by atoms with Crippen molar-refractivity contribution in [3.8, 4) is 11.5 Å². The Balaban J connectivity index is 1.24. The van der Waals surface area contributed by atoms with E-state index in [9.17, 15) is 28.3 Å². The number of phenols is 1. The van der Waals surface area contributed by atoms with Gasteiger partial charge < -0.3 is 25.4 Å². The number of alkyl halides is 1. The van der Waals surface area contributed by atoms with E-state index in [0.717, 1.165) is 23.3 Å². The molecule has 1 aromatic heterocycles. The summed E-state index contributed by atoms with van der Waals surface area (Å²) in [7, 11) is 1.45. The first-order valence-corrected chi connectivity index (χ1v) is 13.8. The predicted octanol–water partition coefficient (Wildman–Crippen LogP) is 4.06. The monoisotopic (exact) mass is 578 g/mol. The Bertz CT molecular complexity index is 1560. The van der Waals surface area contributed by atoms with Crippen molar-refractivity contribution < 1.29 is 33.0 Å². The Morgan fingerprint density at radius 3 is 2.71 bits per heavy atom. The molecule has 3 amide bonds. The molecule has 0 spiro atoms. The summed E-state index contributed by atoms with van der Waals surface area (Å²) in [4.78, 5) is 44.3. The fourth-order valence-electron chi connectivity index (χ4n) is 5.08. The molecule has 0 bridgehead atoms. The van der Waals surface area contributed by atoms with E-state index < -0.39 is 48.3 Å². The van der Waals surface area contributed by atoms with Crippen LogP contribution in [-0.4, -0.2) is 65.1 Å². The van der Waals surface area contributed by atoms with Gasteiger partial charge in [0.2, 0.25) is 11.8 Å². The maximum atomic E-state index is 14.5. The molecule has 220 valence electrons. The summed E-state index contributed by atoms with van der Waals surface area (Å²) in [6.45, 7) is 1.00. The van der Waals surface area contributed by atoms with Gasteiger partial charge in [0, 0.05) is 11.8 Å². The molecule has 1 aliphatic carbocycles. The summed E-state index contributed by atoms with van der Waals surface area (Å²) in [5.74, 6) is -1.49. The topological polar surface area (TPSA) is 121 Å². The van der Waals surface area contributed by atoms with Gasteiger partial charge in [-0.3, -0.25) is 14.4 Å². The second-order valence-electron chi connectivity index (χ2n) is 10.7. The van der Waals surface area contributed by atoms with Crippen LogP contribution < -0.4 is 15.4 Å². The van der Waals surface area contributed by atoms with Crippen molar-refractivity contribution in [2.45, 2.75) is 44.4 Å². The minimum atomic E-state index is -1.40. The van der Waals surface area contributed by atoms with Crippen molar-refractivity contribution in [2.24, 2.45) is 5.92 Å². The number of aromatic hydroxyl groups is 1. The minimum absolute atomic E-state index is 0.0316. The molecular weight excluding hydrogens is 546 g/mol. The van der Waals surface area contributed by atoms with Gasteiger partial charge in [-0.15, -0.1) is 0 Å². The van der Waals surface area contributed by atoms with E-state index in [1.807, 2.05) is 6.08 Å². The largest absolute Gasteiger partial charge is 0.504 e. The van der Waals surface area contributed by atoms with Crippen molar-refractivity contribution in [3.63, 3.8) is 0 Å². The van der Waals surface area contributed by atoms with E-state index in [-0.39, 0.29) is 24.4 Å². The third-order valence-corrected chi connectivity index (χ3v) is 7.54. The Labute approximate surface area is 241 Å². The van der Waals surface area contributed by atoms with Crippen LogP contribution in [0.2, 0.25) is 0 Å². The van der Waals surface area contributed by atoms with Gasteiger partial charge >= 0.3 is 0 Å². The van der Waals surface area contributed by atoms with Gasteiger partial charge in [0.1, 0.15) is 23.7 Å². The highest BCUT2D eigenvalue weighted by Gasteiger charge is 2.40. The lowest BCUT2D eigenvalue weighted by Crippen LogP contribution is -2.49. The fourth-order valence-corrected chi connectivity index (χ4v) is 5.08. The van der Waals surface area contributed by atoms with Crippen molar-refractivity contribution in [2.75, 3.05) is 20.2 Å². The zero-order valence-electron chi connectivity index (χ0n) is 23.3. The van der Waals surface area contributed by atoms with Gasteiger partial charge in [-0.1, -0.05) is 18.2 Å². The molecule has 9 nitrogen and oxygen atoms in total. The van der Waals surface area contributed by atoms with Crippen molar-refractivity contribution in [1.29, 1.82) is 0 Å². The summed E-state index contributed by atoms with van der Waals surface area (Å²) in [5.41, 5.74) is 1.85. The lowest BCUT2D eigenvalue weighted by Gasteiger charge is -2.26. The Hall–Kier alpha value is -4.54. The number of phenolic OH excluding ortho intramolecular Hbond substituents is 1. The lowest BCUT2D eigenvalue weighted by molar-refractivity contribution is -0.138. The van der Waals surface area contributed by atoms with Crippen LogP contribution in [0, 0.1) is 11.7 Å². The molecule has 5 rings (SSSR count). The van der Waals surface area contributed by atoms with Crippen molar-refractivity contribution >= 4 is 34.7 Å². The number of nitrogens with one attached hydrogen (secondary N) is 2. The number of nitrogens with zero attached hydrogens (tertiary/aromatic N) is 2. The van der Waals surface area contributed by atoms with Gasteiger partial charge in [0.05, 0.1) is 31.8 Å². The molecule has 42 heavy (non-hydrogen) atoms. The minimum Gasteiger partial charge on any atom is -0.504 e. The molecule has 1 aliphatic heterocycles. The zero-order valence-corrected chi connectivity index (χ0v) is 23.3. The van der Waals surface area contributed by atoms with E-state index in [0.29, 0.717) is 28.1 Å². The third-order valence-electron chi connectivity index (χ3n) is 7.54. The van der Waals surface area contributed by atoms with Crippen molar-refractivity contribution in [3.05, 3.63) is 71.2 Å². The number of pyridine rings is 1. The molecule has 2 aromatic carbocycles. The maximum Gasteiger partial charge on any atom is 0.270 e. The van der Waals surface area contributed by atoms with E-state index >= 15 is 0 Å². The number of hydrogen-bond donors (Lipinski definition) is 3. The zero-order chi connectivity index (χ0) is 30.0. The molecule has 3 aromatic rings. The van der Waals surface area contributed by atoms with Gasteiger partial charge in [-0.05, 0) is 73.2 Å². The summed E-state index contributed by atoms with van der Waals surface area (Å²) in [6.07, 6.45) is 4.67. The van der Waals surface area contributed by atoms with E-state index in [4.69, 9.17) is 4.74 Å². The second-order valence-corrected chi connectivity index (χ2v) is 10.7. The average molecular weight is 579 g/mol. The molecule has 1 saturated heterocycles. The first-order chi connectivity index (χ1) is 20.1. The van der Waals surface area contributed by atoms with E-state index in [2.05, 4.69) is 21.7 Å². The number of fused-ring (bicyclic) bond motifs is 1. The summed E-state index contributed by atoms with van der Waals surface area (Å²) >= 11 is 0. The number of hydrogen-bond acceptors (Lipinski definition) is 6. The number of aromatic nitrogens is 1. The van der Waals surface area contributed by atoms with Crippen LogP contribution >= 0.6 is 0 Å². The SMILES string of the molecule is COc1cc(/C=C/C2CC2)c([C@@H](C)NC(=O)C2C[C@H](F)CN2C(=O)CNC(=O)c2ccc3cc(F)ccc3n2)cc1O. The first kappa shape index (κ1) is 29.0. The standard InChI is InChI=1S/C31H32F2N4O5/c1-17(23-14-27(38)28(42-2)12-19(23)6-5-18-3-4-18)35-31(41)26-13-22(33)16-37(26)29(39)15-34-30(40)25-9-7-20-11-21(32)8-10-24(20)36-25/h5-12,14,17-18,22,26,38H,3-4,13,15-16H2,1-2H3,(H,34,40)(H,35,41)/b6-5+/t17-,22+,26?/m1/s1. The molecular formula is C31H32F2N4O5. The van der Waals surface area contributed by atoms with Crippen molar-refractivity contribution in [1.82, 2.24) is 20.5 Å². The van der Waals surface area contributed by atoms with Gasteiger partial charge in [0.15, 0.2) is 11.5 Å². The van der Waals surface area contributed by atoms with Crippen LogP contribution in [-0.2, 0) is 9.59 Å². The number of halogens is 2. The Morgan fingerprint density at radius 1 is 1.19 bits per heavy atom. The lowest BCUT2D eigenvalue weighted by atomic mass is 9.99. The highest BCUT2D eigenvalue weighted by Crippen LogP contribution is 2.36. The number of benzene rings is 2. The number of ether oxygens (including phenoxy) is 1. The van der Waals surface area contributed by atoms with Crippen LogP contribution in [0.3, 0.4) is 0 Å². The van der Waals surface area contributed by atoms with Crippen LogP contribution in [0.5, 0.6) is 11.5 Å². The molecule has 3 N–H and O–H groups in total. The van der Waals surface area contributed by atoms with E-state index in [1.54, 1.807) is 19.1 Å². The molecule has 2 aliphatic rings. The van der Waals surface area contributed by atoms with Crippen LogP contribution in [0.15, 0.2) is 48.5 Å². The van der Waals surface area contributed by atoms with Gasteiger partial charge in [-0.2, -0.15) is 0 Å². The smallest absolute Gasteiger partial charge is 0.270 e. The summed E-state index contributed by atoms with van der Waals surface area (Å²) in [6, 6.07) is 8.51. The number of rotatable bonds is 9. The van der Waals surface area contributed by atoms with Gasteiger partial charge in [-0.25, -0.2) is 13.8 Å². The number of carbonyl (C=O) groups excluding carboxylic acids is 3. The normalized spacial score (nSPS) is 19.2. The number of carbonyl (C=O) groups is 3. The third kappa shape index (κ3) is 6.50. The average Bonchev–Trinajstić information content (AvgIpc) is 3.72. The van der Waals surface area contributed by atoms with Gasteiger partial charge in [0.25, 0.3) is 5.91 Å². The molecule has 3 atom stereocenters. The van der Waals surface area contributed by atoms with Crippen LogP contribution in [0.1, 0.15) is 53.8 Å². The highest BCUT2D eigenvalue weighted by molar-refractivity contribution is 5.97. The second kappa shape index (κ2) is 12.1. The van der Waals surface area contributed by atoms with Crippen LogP contribution in [0.4, 0.5) is 8.78 Å². The Kier molecular flexibility index (Phi) is 8.37. The molecule has 1 saturated carbocycles. The summed E-state index contributed by atoms with van der Waals surface area (Å²) < 4.78 is 33.1. The highest BCUT2D eigenvalue weighted by atomic mass is 19.1. The number of methoxy groups -OCH3 is 1. The molecule has 2 heterocycles. The molecule has 2 fully saturated rings. The predicted molar refractivity (Wildman–Crippen MR) is 152 cm³/mol. The Morgan fingerprint density at radius 2 is 1.98 bits per heavy atom. The fraction of sp³-hybridized carbons (Fsp3) is 0.355. The molecule has 1 unspecified atom stereocenters. The number of likely N-dealkylation sites (tertiary alicyclic amines) is 1. The quantitative estimate of drug-likeness (QED) is 0.352. The summed E-state index contributed by atoms with van der Waals surface area (Å²) in [5, 5.41) is 16.2. The number of allylic oxidation sites excluding steroid dienone is 1. The number of amides is 3. The molecule has 0 radical (unpaired) electrons. The first-order valence-electron chi connectivity index (χ1n) is 13.8.